The molecule has 0 amide bonds. The molecule has 0 saturated carbocycles. The number of nitrogens with zero attached hydrogens (tertiary/aromatic N) is 5. The van der Waals surface area contributed by atoms with E-state index >= 15 is 0 Å². The van der Waals surface area contributed by atoms with Crippen LogP contribution in [0.1, 0.15) is 25.0 Å². The first-order valence-electron chi connectivity index (χ1n) is 9.56. The van der Waals surface area contributed by atoms with Crippen molar-refractivity contribution in [3.63, 3.8) is 0 Å². The minimum absolute atomic E-state index is 0.301. The first-order chi connectivity index (χ1) is 13.9. The molecule has 3 heterocycles. The summed E-state index contributed by atoms with van der Waals surface area (Å²) in [6, 6.07) is 7.18. The summed E-state index contributed by atoms with van der Waals surface area (Å²) in [6.07, 6.45) is 4.97. The van der Waals surface area contributed by atoms with Crippen molar-refractivity contribution in [2.75, 3.05) is 41.7 Å². The van der Waals surface area contributed by atoms with Crippen molar-refractivity contribution in [2.45, 2.75) is 25.0 Å². The Morgan fingerprint density at radius 1 is 1.17 bits per heavy atom. The lowest BCUT2D eigenvalue weighted by molar-refractivity contribution is 0.448. The summed E-state index contributed by atoms with van der Waals surface area (Å²) >= 11 is 0. The molecular weight excluding hydrogens is 392 g/mol. The Labute approximate surface area is 169 Å². The number of rotatable bonds is 6. The molecule has 0 radical (unpaired) electrons. The van der Waals surface area contributed by atoms with Gasteiger partial charge in [0.05, 0.1) is 6.20 Å². The molecule has 9 nitrogen and oxygen atoms in total. The fourth-order valence-corrected chi connectivity index (χ4v) is 4.57. The van der Waals surface area contributed by atoms with Crippen LogP contribution >= 0.6 is 0 Å². The SMILES string of the molecule is CN(C)c1nc(N2CCCCC2)ncc1NS(=O)(=O)Cc1noc2ccccc12. The highest BCUT2D eigenvalue weighted by atomic mass is 32.2. The Kier molecular flexibility index (Phi) is 5.27. The van der Waals surface area contributed by atoms with E-state index in [-0.39, 0.29) is 5.75 Å². The molecule has 1 aliphatic rings. The highest BCUT2D eigenvalue weighted by molar-refractivity contribution is 7.91. The lowest BCUT2D eigenvalue weighted by Crippen LogP contribution is -2.31. The molecule has 1 saturated heterocycles. The molecule has 0 spiro atoms. The third kappa shape index (κ3) is 4.26. The molecule has 0 atom stereocenters. The van der Waals surface area contributed by atoms with Crippen LogP contribution in [-0.4, -0.2) is 50.7 Å². The predicted octanol–water partition coefficient (Wildman–Crippen LogP) is 2.62. The van der Waals surface area contributed by atoms with Crippen LogP contribution in [0.4, 0.5) is 17.5 Å². The van der Waals surface area contributed by atoms with E-state index in [2.05, 4.69) is 24.7 Å². The highest BCUT2D eigenvalue weighted by Crippen LogP contribution is 2.27. The van der Waals surface area contributed by atoms with E-state index < -0.39 is 10.0 Å². The molecule has 29 heavy (non-hydrogen) atoms. The van der Waals surface area contributed by atoms with Gasteiger partial charge >= 0.3 is 0 Å². The first kappa shape index (κ1) is 19.4. The second kappa shape index (κ2) is 7.86. The number of para-hydroxylation sites is 1. The predicted molar refractivity (Wildman–Crippen MR) is 113 cm³/mol. The van der Waals surface area contributed by atoms with Crippen molar-refractivity contribution >= 4 is 38.4 Å². The maximum Gasteiger partial charge on any atom is 0.238 e. The van der Waals surface area contributed by atoms with E-state index in [1.54, 1.807) is 17.0 Å². The van der Waals surface area contributed by atoms with Crippen molar-refractivity contribution in [3.8, 4) is 0 Å². The Balaban J connectivity index is 1.58. The third-order valence-corrected chi connectivity index (χ3v) is 6.05. The minimum Gasteiger partial charge on any atom is -0.361 e. The maximum absolute atomic E-state index is 12.8. The highest BCUT2D eigenvalue weighted by Gasteiger charge is 2.22. The largest absolute Gasteiger partial charge is 0.361 e. The fraction of sp³-hybridized carbons (Fsp3) is 0.421. The number of hydrogen-bond donors (Lipinski definition) is 1. The minimum atomic E-state index is -3.74. The molecule has 154 valence electrons. The number of fused-ring (bicyclic) bond motifs is 1. The molecule has 1 aliphatic heterocycles. The van der Waals surface area contributed by atoms with Gasteiger partial charge in [-0.05, 0) is 31.4 Å². The lowest BCUT2D eigenvalue weighted by atomic mass is 10.1. The van der Waals surface area contributed by atoms with Crippen molar-refractivity contribution in [1.29, 1.82) is 0 Å². The van der Waals surface area contributed by atoms with Crippen LogP contribution in [0.2, 0.25) is 0 Å². The summed E-state index contributed by atoms with van der Waals surface area (Å²) < 4.78 is 33.4. The number of benzene rings is 1. The summed E-state index contributed by atoms with van der Waals surface area (Å²) in [6.45, 7) is 1.83. The number of sulfonamides is 1. The number of piperidine rings is 1. The van der Waals surface area contributed by atoms with Gasteiger partial charge in [-0.15, -0.1) is 0 Å². The van der Waals surface area contributed by atoms with E-state index in [0.717, 1.165) is 25.9 Å². The van der Waals surface area contributed by atoms with Crippen molar-refractivity contribution in [1.82, 2.24) is 15.1 Å². The van der Waals surface area contributed by atoms with Crippen LogP contribution in [0.15, 0.2) is 35.0 Å². The smallest absolute Gasteiger partial charge is 0.238 e. The number of aromatic nitrogens is 3. The topological polar surface area (TPSA) is 104 Å². The summed E-state index contributed by atoms with van der Waals surface area (Å²) in [5.41, 5.74) is 1.26. The van der Waals surface area contributed by atoms with Gasteiger partial charge < -0.3 is 14.3 Å². The van der Waals surface area contributed by atoms with E-state index in [1.807, 2.05) is 26.2 Å². The Morgan fingerprint density at radius 2 is 1.93 bits per heavy atom. The van der Waals surface area contributed by atoms with Crippen LogP contribution in [0, 0.1) is 0 Å². The van der Waals surface area contributed by atoms with Gasteiger partial charge in [0.25, 0.3) is 0 Å². The molecule has 0 bridgehead atoms. The molecule has 1 aromatic carbocycles. The van der Waals surface area contributed by atoms with Crippen LogP contribution < -0.4 is 14.5 Å². The number of hydrogen-bond acceptors (Lipinski definition) is 8. The summed E-state index contributed by atoms with van der Waals surface area (Å²) in [4.78, 5) is 12.9. The summed E-state index contributed by atoms with van der Waals surface area (Å²) in [5, 5.41) is 4.60. The second-order valence-electron chi connectivity index (χ2n) is 7.34. The zero-order chi connectivity index (χ0) is 20.4. The van der Waals surface area contributed by atoms with Gasteiger partial charge in [0.15, 0.2) is 11.4 Å². The van der Waals surface area contributed by atoms with Gasteiger partial charge in [0.2, 0.25) is 16.0 Å². The average molecular weight is 417 g/mol. The fourth-order valence-electron chi connectivity index (χ4n) is 3.45. The standard InChI is InChI=1S/C19H24N6O3S/c1-24(2)18-15(12-20-19(21-18)25-10-6-3-7-11-25)23-29(26,27)13-16-14-8-4-5-9-17(14)28-22-16/h4-5,8-9,12,23H,3,6-7,10-11,13H2,1-2H3. The van der Waals surface area contributed by atoms with Gasteiger partial charge in [0.1, 0.15) is 17.1 Å². The van der Waals surface area contributed by atoms with Crippen LogP contribution in [-0.2, 0) is 15.8 Å². The van der Waals surface area contributed by atoms with Gasteiger partial charge in [-0.25, -0.2) is 13.4 Å². The molecule has 0 aliphatic carbocycles. The molecule has 1 N–H and O–H groups in total. The third-order valence-electron chi connectivity index (χ3n) is 4.86. The Hall–Kier alpha value is -2.88. The Bertz CT molecular complexity index is 1110. The average Bonchev–Trinajstić information content (AvgIpc) is 3.11. The van der Waals surface area contributed by atoms with E-state index in [1.165, 1.54) is 12.6 Å². The molecule has 2 aromatic heterocycles. The first-order valence-corrected chi connectivity index (χ1v) is 11.2. The van der Waals surface area contributed by atoms with Gasteiger partial charge in [-0.1, -0.05) is 17.3 Å². The second-order valence-corrected chi connectivity index (χ2v) is 9.06. The normalized spacial score (nSPS) is 14.9. The van der Waals surface area contributed by atoms with Gasteiger partial charge in [-0.2, -0.15) is 4.98 Å². The molecule has 3 aromatic rings. The van der Waals surface area contributed by atoms with E-state index in [0.29, 0.717) is 34.1 Å². The van der Waals surface area contributed by atoms with Crippen LogP contribution in [0.5, 0.6) is 0 Å². The molecule has 4 rings (SSSR count). The molecule has 1 fully saturated rings. The van der Waals surface area contributed by atoms with Gasteiger partial charge in [-0.3, -0.25) is 4.72 Å². The van der Waals surface area contributed by atoms with E-state index in [4.69, 9.17) is 4.52 Å². The number of nitrogens with one attached hydrogen (secondary N) is 1. The molecular formula is C19H24N6O3S. The summed E-state index contributed by atoms with van der Waals surface area (Å²) in [5.74, 6) is 0.845. The van der Waals surface area contributed by atoms with Crippen LogP contribution in [0.3, 0.4) is 0 Å². The molecule has 10 heteroatoms. The number of anilines is 3. The summed E-state index contributed by atoms with van der Waals surface area (Å²) in [7, 11) is -0.0862. The Morgan fingerprint density at radius 3 is 2.69 bits per heavy atom. The maximum atomic E-state index is 12.8. The van der Waals surface area contributed by atoms with Crippen molar-refractivity contribution in [2.24, 2.45) is 0 Å². The van der Waals surface area contributed by atoms with Gasteiger partial charge in [0, 0.05) is 32.6 Å². The molecule has 0 unspecified atom stereocenters. The lowest BCUT2D eigenvalue weighted by Gasteiger charge is -2.28. The zero-order valence-electron chi connectivity index (χ0n) is 16.5. The zero-order valence-corrected chi connectivity index (χ0v) is 17.3. The van der Waals surface area contributed by atoms with Crippen LogP contribution in [0.25, 0.3) is 11.0 Å². The van der Waals surface area contributed by atoms with Crippen molar-refractivity contribution < 1.29 is 12.9 Å². The monoisotopic (exact) mass is 416 g/mol. The van der Waals surface area contributed by atoms with Crippen molar-refractivity contribution in [3.05, 3.63) is 36.2 Å². The quantitative estimate of drug-likeness (QED) is 0.654. The van der Waals surface area contributed by atoms with E-state index in [9.17, 15) is 8.42 Å².